The lowest BCUT2D eigenvalue weighted by Gasteiger charge is -2.37. The van der Waals surface area contributed by atoms with Crippen LogP contribution in [0, 0.1) is 35.5 Å². The highest BCUT2D eigenvalue weighted by molar-refractivity contribution is 6.33. The maximum atomic E-state index is 12.8. The quantitative estimate of drug-likeness (QED) is 0.654. The molecule has 134 valence electrons. The van der Waals surface area contributed by atoms with E-state index >= 15 is 0 Å². The summed E-state index contributed by atoms with van der Waals surface area (Å²) >= 11 is 6.04. The number of carbonyl (C=O) groups excluding carboxylic acids is 3. The van der Waals surface area contributed by atoms with Crippen molar-refractivity contribution in [2.24, 2.45) is 35.5 Å². The maximum Gasteiger partial charge on any atom is 0.233 e. The molecule has 1 saturated heterocycles. The number of nitrogens with one attached hydrogen (secondary N) is 1. The van der Waals surface area contributed by atoms with Crippen LogP contribution in [0.25, 0.3) is 0 Å². The number of amides is 3. The molecule has 0 spiro atoms. The Morgan fingerprint density at radius 3 is 2.31 bits per heavy atom. The average Bonchev–Trinajstić information content (AvgIpc) is 3.41. The van der Waals surface area contributed by atoms with Crippen LogP contribution in [-0.2, 0) is 14.4 Å². The number of hydrogen-bond acceptors (Lipinski definition) is 3. The van der Waals surface area contributed by atoms with Gasteiger partial charge in [0.2, 0.25) is 17.7 Å². The first-order valence-electron chi connectivity index (χ1n) is 9.14. The molecule has 26 heavy (non-hydrogen) atoms. The lowest BCUT2D eigenvalue weighted by Crippen LogP contribution is -2.40. The van der Waals surface area contributed by atoms with Crippen molar-refractivity contribution in [1.29, 1.82) is 0 Å². The molecule has 0 unspecified atom stereocenters. The summed E-state index contributed by atoms with van der Waals surface area (Å²) in [6, 6.07) is 6.99. The number of halogens is 1. The highest BCUT2D eigenvalue weighted by atomic mass is 35.5. The monoisotopic (exact) mass is 370 g/mol. The predicted molar refractivity (Wildman–Crippen MR) is 96.1 cm³/mol. The van der Waals surface area contributed by atoms with Crippen molar-refractivity contribution in [3.8, 4) is 0 Å². The van der Waals surface area contributed by atoms with Gasteiger partial charge in [-0.3, -0.25) is 19.3 Å². The number of rotatable bonds is 4. The van der Waals surface area contributed by atoms with Gasteiger partial charge in [-0.2, -0.15) is 0 Å². The summed E-state index contributed by atoms with van der Waals surface area (Å²) in [7, 11) is 0. The third-order valence-electron chi connectivity index (χ3n) is 6.46. The molecule has 5 aliphatic rings. The molecule has 5 nitrogen and oxygen atoms in total. The van der Waals surface area contributed by atoms with Gasteiger partial charge in [-0.25, -0.2) is 0 Å². The van der Waals surface area contributed by atoms with Crippen LogP contribution < -0.4 is 5.32 Å². The van der Waals surface area contributed by atoms with Gasteiger partial charge in [-0.1, -0.05) is 35.9 Å². The first kappa shape index (κ1) is 16.1. The van der Waals surface area contributed by atoms with Crippen molar-refractivity contribution in [2.45, 2.75) is 12.8 Å². The summed E-state index contributed by atoms with van der Waals surface area (Å²) in [4.78, 5) is 39.2. The molecule has 6 heteroatoms. The van der Waals surface area contributed by atoms with E-state index in [-0.39, 0.29) is 54.4 Å². The van der Waals surface area contributed by atoms with Gasteiger partial charge in [0.1, 0.15) is 0 Å². The molecule has 4 aliphatic carbocycles. The molecule has 0 radical (unpaired) electrons. The number of anilines is 1. The van der Waals surface area contributed by atoms with Crippen LogP contribution in [-0.4, -0.2) is 29.2 Å². The van der Waals surface area contributed by atoms with E-state index in [2.05, 4.69) is 17.5 Å². The summed E-state index contributed by atoms with van der Waals surface area (Å²) in [5, 5.41) is 3.20. The van der Waals surface area contributed by atoms with E-state index in [1.807, 2.05) is 0 Å². The predicted octanol–water partition coefficient (Wildman–Crippen LogP) is 2.72. The molecule has 2 bridgehead atoms. The molecule has 1 aliphatic heterocycles. The topological polar surface area (TPSA) is 66.5 Å². The largest absolute Gasteiger partial charge is 0.325 e. The molecule has 2 saturated carbocycles. The molecule has 3 fully saturated rings. The van der Waals surface area contributed by atoms with E-state index in [9.17, 15) is 14.4 Å². The minimum Gasteiger partial charge on any atom is -0.325 e. The van der Waals surface area contributed by atoms with E-state index in [0.29, 0.717) is 22.5 Å². The van der Waals surface area contributed by atoms with E-state index in [1.165, 1.54) is 4.90 Å². The second kappa shape index (κ2) is 5.68. The highest BCUT2D eigenvalue weighted by Gasteiger charge is 2.66. The lowest BCUT2D eigenvalue weighted by atomic mass is 9.63. The van der Waals surface area contributed by atoms with Crippen LogP contribution in [0.4, 0.5) is 5.69 Å². The molecule has 1 aromatic carbocycles. The fourth-order valence-corrected chi connectivity index (χ4v) is 5.41. The van der Waals surface area contributed by atoms with Crippen molar-refractivity contribution in [1.82, 2.24) is 4.90 Å². The van der Waals surface area contributed by atoms with Crippen LogP contribution in [0.1, 0.15) is 12.8 Å². The summed E-state index contributed by atoms with van der Waals surface area (Å²) in [6.45, 7) is 0.135. The summed E-state index contributed by atoms with van der Waals surface area (Å²) < 4.78 is 0. The lowest BCUT2D eigenvalue weighted by molar-refractivity contribution is -0.140. The second-order valence-electron chi connectivity index (χ2n) is 7.76. The Labute approximate surface area is 156 Å². The Morgan fingerprint density at radius 2 is 1.69 bits per heavy atom. The SMILES string of the molecule is O=C(CCN1C(=O)[C@H]2[C@@H]3C=C[C@@H]([C@H]4C[C@H]34)[C@@H]2C1=O)Nc1ccccc1Cl. The summed E-state index contributed by atoms with van der Waals surface area (Å²) in [6.07, 6.45) is 5.53. The Hall–Kier alpha value is -2.14. The minimum absolute atomic E-state index is 0.0811. The number of hydrogen-bond donors (Lipinski definition) is 1. The standard InChI is InChI=1S/C20H19ClN2O3/c21-14-3-1-2-4-15(14)22-16(24)7-8-23-19(25)17-10-5-6-11(13-9-12(10)13)18(17)20(23)26/h1-6,10-13,17-18H,7-9H2,(H,22,24)/t10-,11+,12-,13-,17+,18+/m1/s1. The van der Waals surface area contributed by atoms with Crippen LogP contribution in [0.2, 0.25) is 5.02 Å². The van der Waals surface area contributed by atoms with Gasteiger partial charge in [-0.05, 0) is 42.2 Å². The normalized spacial score (nSPS) is 36.1. The van der Waals surface area contributed by atoms with Crippen molar-refractivity contribution < 1.29 is 14.4 Å². The number of benzene rings is 1. The van der Waals surface area contributed by atoms with Crippen molar-refractivity contribution in [3.63, 3.8) is 0 Å². The Bertz CT molecular complexity index is 815. The molecule has 6 atom stereocenters. The Morgan fingerprint density at radius 1 is 1.08 bits per heavy atom. The zero-order chi connectivity index (χ0) is 18.0. The first-order chi connectivity index (χ1) is 12.6. The second-order valence-corrected chi connectivity index (χ2v) is 8.17. The molecule has 1 aromatic rings. The molecule has 0 aromatic heterocycles. The maximum absolute atomic E-state index is 12.8. The van der Waals surface area contributed by atoms with Crippen LogP contribution in [0.15, 0.2) is 36.4 Å². The average molecular weight is 371 g/mol. The number of allylic oxidation sites excluding steroid dienone is 2. The van der Waals surface area contributed by atoms with Gasteiger partial charge in [0.25, 0.3) is 0 Å². The Kier molecular flexibility index (Phi) is 3.51. The number of likely N-dealkylation sites (tertiary alicyclic amines) is 1. The molecule has 3 amide bonds. The van der Waals surface area contributed by atoms with Gasteiger partial charge >= 0.3 is 0 Å². The summed E-state index contributed by atoms with van der Waals surface area (Å²) in [5.74, 6) is 0.781. The zero-order valence-corrected chi connectivity index (χ0v) is 14.9. The van der Waals surface area contributed by atoms with Crippen molar-refractivity contribution >= 4 is 35.0 Å². The summed E-state index contributed by atoms with van der Waals surface area (Å²) in [5.41, 5.74) is 0.536. The highest BCUT2D eigenvalue weighted by Crippen LogP contribution is 2.65. The fraction of sp³-hybridized carbons (Fsp3) is 0.450. The van der Waals surface area contributed by atoms with Crippen LogP contribution in [0.5, 0.6) is 0 Å². The number of imide groups is 1. The molecule has 1 N–H and O–H groups in total. The van der Waals surface area contributed by atoms with E-state index in [4.69, 9.17) is 11.6 Å². The Balaban J connectivity index is 1.26. The van der Waals surface area contributed by atoms with Gasteiger partial charge < -0.3 is 5.32 Å². The molecular weight excluding hydrogens is 352 g/mol. The van der Waals surface area contributed by atoms with Crippen molar-refractivity contribution in [3.05, 3.63) is 41.4 Å². The first-order valence-corrected chi connectivity index (χ1v) is 9.52. The van der Waals surface area contributed by atoms with Crippen molar-refractivity contribution in [2.75, 3.05) is 11.9 Å². The number of para-hydroxylation sites is 1. The van der Waals surface area contributed by atoms with Gasteiger partial charge in [0, 0.05) is 13.0 Å². The fourth-order valence-electron chi connectivity index (χ4n) is 5.23. The van der Waals surface area contributed by atoms with E-state index in [1.54, 1.807) is 24.3 Å². The van der Waals surface area contributed by atoms with E-state index < -0.39 is 0 Å². The number of nitrogens with zero attached hydrogens (tertiary/aromatic N) is 1. The van der Waals surface area contributed by atoms with Gasteiger partial charge in [-0.15, -0.1) is 0 Å². The minimum atomic E-state index is -0.252. The third-order valence-corrected chi connectivity index (χ3v) is 6.79. The van der Waals surface area contributed by atoms with Crippen LogP contribution in [0.3, 0.4) is 0 Å². The number of carbonyl (C=O) groups is 3. The zero-order valence-electron chi connectivity index (χ0n) is 14.1. The van der Waals surface area contributed by atoms with E-state index in [0.717, 1.165) is 6.42 Å². The smallest absolute Gasteiger partial charge is 0.233 e. The van der Waals surface area contributed by atoms with Crippen LogP contribution >= 0.6 is 11.6 Å². The van der Waals surface area contributed by atoms with Gasteiger partial charge in [0.15, 0.2) is 0 Å². The molecule has 1 heterocycles. The molecule has 6 rings (SSSR count). The van der Waals surface area contributed by atoms with Gasteiger partial charge in [0.05, 0.1) is 22.5 Å². The molecular formula is C20H19ClN2O3. The third kappa shape index (κ3) is 2.26.